The third-order valence-corrected chi connectivity index (χ3v) is 6.97. The molecule has 1 fully saturated rings. The molecular weight excluding hydrogens is 478 g/mol. The number of aromatic nitrogens is 3. The Bertz CT molecular complexity index is 1150. The smallest absolute Gasteiger partial charge is 0.263 e. The molecule has 3 N–H and O–H groups in total. The summed E-state index contributed by atoms with van der Waals surface area (Å²) in [4.78, 5) is 26.0. The average molecular weight is 504 g/mol. The zero-order valence-corrected chi connectivity index (χ0v) is 20.1. The second-order valence-electron chi connectivity index (χ2n) is 7.65. The quantitative estimate of drug-likeness (QED) is 0.339. The largest absolute Gasteiger partial charge is 0.477 e. The molecule has 180 valence electrons. The molecule has 34 heavy (non-hydrogen) atoms. The van der Waals surface area contributed by atoms with Gasteiger partial charge >= 0.3 is 0 Å². The van der Waals surface area contributed by atoms with E-state index in [0.29, 0.717) is 34.7 Å². The maximum atomic E-state index is 13.0. The molecule has 1 aliphatic rings. The van der Waals surface area contributed by atoms with Crippen molar-refractivity contribution in [3.05, 3.63) is 47.7 Å². The highest BCUT2D eigenvalue weighted by Gasteiger charge is 2.35. The minimum Gasteiger partial charge on any atom is -0.477 e. The van der Waals surface area contributed by atoms with Crippen molar-refractivity contribution >= 4 is 39.3 Å². The van der Waals surface area contributed by atoms with Gasteiger partial charge in [-0.1, -0.05) is 12.1 Å². The van der Waals surface area contributed by atoms with Crippen molar-refractivity contribution in [3.63, 3.8) is 0 Å². The minimum atomic E-state index is -2.17. The van der Waals surface area contributed by atoms with Crippen molar-refractivity contribution in [1.82, 2.24) is 15.0 Å². The first-order valence-electron chi connectivity index (χ1n) is 10.8. The van der Waals surface area contributed by atoms with Gasteiger partial charge in [0.1, 0.15) is 0 Å². The van der Waals surface area contributed by atoms with Crippen LogP contribution in [0.25, 0.3) is 11.3 Å². The maximum absolute atomic E-state index is 13.0. The standard InChI is InChI=1S/C22H25N5O5S2/c1-2-32-20-12-23-11-18(25-20)14-3-5-15(6-4-14)24-21(29)17(9-10-28)19-13-33-22(26-19)27(34(30)31)16-7-8-16/h3-6,11-13,16-17,28H,2,7-10H2,1H3,(H,24,29)(H,30,31). The number of anilines is 2. The Morgan fingerprint density at radius 1 is 1.29 bits per heavy atom. The molecule has 12 heteroatoms. The number of carbonyl (C=O) groups is 1. The van der Waals surface area contributed by atoms with Crippen LogP contribution < -0.4 is 14.4 Å². The topological polar surface area (TPSA) is 138 Å². The predicted octanol–water partition coefficient (Wildman–Crippen LogP) is 3.21. The number of nitrogens with one attached hydrogen (secondary N) is 1. The summed E-state index contributed by atoms with van der Waals surface area (Å²) >= 11 is -0.962. The van der Waals surface area contributed by atoms with Gasteiger partial charge < -0.3 is 15.2 Å². The predicted molar refractivity (Wildman–Crippen MR) is 130 cm³/mol. The third-order valence-electron chi connectivity index (χ3n) is 5.19. The summed E-state index contributed by atoms with van der Waals surface area (Å²) in [5.74, 6) is -0.575. The molecule has 0 saturated heterocycles. The minimum absolute atomic E-state index is 0.00705. The fraction of sp³-hybridized carbons (Fsp3) is 0.364. The molecule has 2 unspecified atom stereocenters. The fourth-order valence-electron chi connectivity index (χ4n) is 3.40. The van der Waals surface area contributed by atoms with Crippen LogP contribution in [0.3, 0.4) is 0 Å². The number of aliphatic hydroxyl groups is 1. The molecule has 2 heterocycles. The Labute approximate surface area is 203 Å². The highest BCUT2D eigenvalue weighted by Crippen LogP contribution is 2.36. The van der Waals surface area contributed by atoms with Crippen LogP contribution in [0, 0.1) is 0 Å². The maximum Gasteiger partial charge on any atom is 0.263 e. The molecule has 2 aromatic heterocycles. The monoisotopic (exact) mass is 503 g/mol. The first kappa shape index (κ1) is 24.2. The zero-order valence-electron chi connectivity index (χ0n) is 18.5. The lowest BCUT2D eigenvalue weighted by molar-refractivity contribution is -0.118. The van der Waals surface area contributed by atoms with Crippen LogP contribution in [0.1, 0.15) is 37.8 Å². The molecule has 10 nitrogen and oxygen atoms in total. The molecule has 1 amide bonds. The molecule has 3 aromatic rings. The molecule has 0 bridgehead atoms. The molecule has 1 saturated carbocycles. The Hall–Kier alpha value is -2.93. The number of amides is 1. The number of benzene rings is 1. The summed E-state index contributed by atoms with van der Waals surface area (Å²) in [6.45, 7) is 2.17. The number of hydrogen-bond acceptors (Lipinski definition) is 8. The SMILES string of the molecule is CCOc1cncc(-c2ccc(NC(=O)C(CCO)c3csc(N(C4CC4)S(=O)O)n3)cc2)n1. The number of thiazole rings is 1. The lowest BCUT2D eigenvalue weighted by Crippen LogP contribution is -2.27. The van der Waals surface area contributed by atoms with E-state index in [1.807, 2.05) is 19.1 Å². The zero-order chi connectivity index (χ0) is 24.1. The van der Waals surface area contributed by atoms with Gasteiger partial charge in [-0.2, -0.15) is 0 Å². The number of ether oxygens (including phenoxy) is 1. The third kappa shape index (κ3) is 5.76. The Balaban J connectivity index is 1.47. The molecule has 2 atom stereocenters. The van der Waals surface area contributed by atoms with Gasteiger partial charge in [-0.15, -0.1) is 11.3 Å². The van der Waals surface area contributed by atoms with Gasteiger partial charge in [0.2, 0.25) is 11.8 Å². The van der Waals surface area contributed by atoms with Crippen LogP contribution in [0.15, 0.2) is 42.0 Å². The molecule has 0 aliphatic heterocycles. The van der Waals surface area contributed by atoms with Crippen LogP contribution in [0.5, 0.6) is 5.88 Å². The summed E-state index contributed by atoms with van der Waals surface area (Å²) in [6, 6.07) is 7.15. The average Bonchev–Trinajstić information content (AvgIpc) is 3.54. The second kappa shape index (κ2) is 11.0. The highest BCUT2D eigenvalue weighted by molar-refractivity contribution is 7.81. The van der Waals surface area contributed by atoms with Crippen LogP contribution >= 0.6 is 11.3 Å². The molecular formula is C22H25N5O5S2. The van der Waals surface area contributed by atoms with Gasteiger partial charge in [0.15, 0.2) is 5.13 Å². The van der Waals surface area contributed by atoms with E-state index in [-0.39, 0.29) is 25.0 Å². The molecule has 0 spiro atoms. The molecule has 1 aliphatic carbocycles. The van der Waals surface area contributed by atoms with E-state index in [1.165, 1.54) is 15.6 Å². The summed E-state index contributed by atoms with van der Waals surface area (Å²) in [7, 11) is 0. The van der Waals surface area contributed by atoms with Crippen LogP contribution in [-0.2, 0) is 16.1 Å². The van der Waals surface area contributed by atoms with Gasteiger partial charge in [-0.05, 0) is 38.3 Å². The highest BCUT2D eigenvalue weighted by atomic mass is 32.2. The van der Waals surface area contributed by atoms with E-state index in [1.54, 1.807) is 29.9 Å². The fourth-order valence-corrected chi connectivity index (χ4v) is 5.21. The number of carbonyl (C=O) groups excluding carboxylic acids is 1. The van der Waals surface area contributed by atoms with E-state index < -0.39 is 17.2 Å². The van der Waals surface area contributed by atoms with E-state index in [9.17, 15) is 18.7 Å². The van der Waals surface area contributed by atoms with Crippen LogP contribution in [0.4, 0.5) is 10.8 Å². The summed E-state index contributed by atoms with van der Waals surface area (Å²) in [6.07, 6.45) is 5.03. The second-order valence-corrected chi connectivity index (χ2v) is 9.34. The van der Waals surface area contributed by atoms with Crippen molar-refractivity contribution in [2.45, 2.75) is 38.1 Å². The van der Waals surface area contributed by atoms with Crippen LogP contribution in [-0.4, -0.2) is 54.0 Å². The van der Waals surface area contributed by atoms with Crippen molar-refractivity contribution < 1.29 is 23.4 Å². The van der Waals surface area contributed by atoms with E-state index in [2.05, 4.69) is 20.3 Å². The number of aliphatic hydroxyl groups excluding tert-OH is 1. The summed E-state index contributed by atoms with van der Waals surface area (Å²) in [5, 5.41) is 14.5. The van der Waals surface area contributed by atoms with Crippen molar-refractivity contribution in [3.8, 4) is 17.1 Å². The van der Waals surface area contributed by atoms with Gasteiger partial charge in [-0.25, -0.2) is 18.5 Å². The lowest BCUT2D eigenvalue weighted by atomic mass is 10.0. The Morgan fingerprint density at radius 3 is 2.71 bits per heavy atom. The summed E-state index contributed by atoms with van der Waals surface area (Å²) in [5.41, 5.74) is 2.51. The normalized spacial score (nSPS) is 14.9. The lowest BCUT2D eigenvalue weighted by Gasteiger charge is -2.16. The Kier molecular flexibility index (Phi) is 7.83. The first-order chi connectivity index (χ1) is 16.5. The van der Waals surface area contributed by atoms with E-state index in [0.717, 1.165) is 18.4 Å². The van der Waals surface area contributed by atoms with Gasteiger partial charge in [0.25, 0.3) is 11.3 Å². The van der Waals surface area contributed by atoms with Crippen molar-refractivity contribution in [2.75, 3.05) is 22.8 Å². The van der Waals surface area contributed by atoms with Gasteiger partial charge in [-0.3, -0.25) is 14.3 Å². The van der Waals surface area contributed by atoms with Crippen molar-refractivity contribution in [1.29, 1.82) is 0 Å². The summed E-state index contributed by atoms with van der Waals surface area (Å²) < 4.78 is 28.1. The van der Waals surface area contributed by atoms with Crippen LogP contribution in [0.2, 0.25) is 0 Å². The Morgan fingerprint density at radius 2 is 2.06 bits per heavy atom. The number of rotatable bonds is 11. The molecule has 1 aromatic carbocycles. The molecule has 4 rings (SSSR count). The first-order valence-corrected chi connectivity index (χ1v) is 12.8. The van der Waals surface area contributed by atoms with E-state index >= 15 is 0 Å². The van der Waals surface area contributed by atoms with Crippen molar-refractivity contribution in [2.24, 2.45) is 0 Å². The van der Waals surface area contributed by atoms with Gasteiger partial charge in [0, 0.05) is 29.3 Å². The molecule has 0 radical (unpaired) electrons. The van der Waals surface area contributed by atoms with Gasteiger partial charge in [0.05, 0.1) is 36.3 Å². The number of hydrogen-bond donors (Lipinski definition) is 3. The number of nitrogens with zero attached hydrogens (tertiary/aromatic N) is 4. The van der Waals surface area contributed by atoms with E-state index in [4.69, 9.17) is 4.74 Å².